The van der Waals surface area contributed by atoms with Crippen LogP contribution in [0.1, 0.15) is 101 Å². The number of hydrogen-bond acceptors (Lipinski definition) is 8. The molecule has 0 bridgehead atoms. The Hall–Kier alpha value is -8.56. The van der Waals surface area contributed by atoms with E-state index >= 15 is 0 Å². The molecule has 14 rings (SSSR count). The molecule has 0 unspecified atom stereocenters. The van der Waals surface area contributed by atoms with E-state index < -0.39 is 0 Å². The summed E-state index contributed by atoms with van der Waals surface area (Å²) in [6.07, 6.45) is 0. The van der Waals surface area contributed by atoms with E-state index in [0.717, 1.165) is 118 Å². The van der Waals surface area contributed by atoms with Crippen LogP contribution in [0.4, 0.5) is 51.2 Å². The van der Waals surface area contributed by atoms with E-state index in [1.54, 1.807) is 0 Å². The molecule has 9 aromatic carbocycles. The monoisotopic (exact) mass is 1090 g/mol. The van der Waals surface area contributed by atoms with E-state index in [1.807, 2.05) is 12.1 Å². The molecule has 1 aromatic heterocycles. The molecule has 10 aromatic rings. The normalized spacial score (nSPS) is 14.4. The van der Waals surface area contributed by atoms with E-state index in [2.05, 4.69) is 244 Å². The molecule has 0 fully saturated rings. The Morgan fingerprint density at radius 3 is 1.35 bits per heavy atom. The summed E-state index contributed by atoms with van der Waals surface area (Å²) < 4.78 is 32.6. The molecule has 0 aliphatic carbocycles. The molecule has 0 atom stereocenters. The molecule has 0 saturated carbocycles. The molecule has 0 N–H and O–H groups in total. The molecule has 0 radical (unpaired) electrons. The Labute approximate surface area is 489 Å². The minimum absolute atomic E-state index is 0.0466. The lowest BCUT2D eigenvalue weighted by Crippen LogP contribution is -2.61. The van der Waals surface area contributed by atoms with Gasteiger partial charge in [0.1, 0.15) is 37.8 Å². The predicted octanol–water partition coefficient (Wildman–Crippen LogP) is 17.5. The lowest BCUT2D eigenvalue weighted by molar-refractivity contribution is 0.172. The van der Waals surface area contributed by atoms with Crippen LogP contribution in [0.5, 0.6) is 23.0 Å². The standard InChI is InChI=1S/C74H72BN3O5/c1-43-30-52(73(8,9)10)31-44(2)70(43)77-59-41-67-65(79-26-28-81-67)39-57(59)75-58-40-66-68(82-29-27-80-66)42-60(58)78(71-45(3)32-53(33-46(71)4)74(11,12)13)62-38-56(37-61(77)69(62)75)76(54-24-21-51(22-25-54)72(5,6)7)55-23-20-47-34-50(19-18-48(47)35-55)64-36-49-16-14-15-17-63(49)83-64/h14-25,30-42H,26-29H2,1-13H3. The number of benzene rings is 9. The Morgan fingerprint density at radius 2 is 0.855 bits per heavy atom. The molecule has 83 heavy (non-hydrogen) atoms. The molecule has 4 aliphatic heterocycles. The van der Waals surface area contributed by atoms with Gasteiger partial charge in [0.2, 0.25) is 0 Å². The zero-order valence-corrected chi connectivity index (χ0v) is 50.2. The maximum atomic E-state index is 6.55. The summed E-state index contributed by atoms with van der Waals surface area (Å²) in [5, 5.41) is 3.34. The summed E-state index contributed by atoms with van der Waals surface area (Å²) in [6, 6.07) is 56.6. The third-order valence-electron chi connectivity index (χ3n) is 17.6. The Morgan fingerprint density at radius 1 is 0.398 bits per heavy atom. The fourth-order valence-corrected chi connectivity index (χ4v) is 13.4. The van der Waals surface area contributed by atoms with Crippen molar-refractivity contribution in [1.82, 2.24) is 0 Å². The van der Waals surface area contributed by atoms with Gasteiger partial charge in [-0.25, -0.2) is 0 Å². The van der Waals surface area contributed by atoms with Crippen molar-refractivity contribution in [3.05, 3.63) is 191 Å². The first kappa shape index (κ1) is 52.5. The molecule has 8 nitrogen and oxygen atoms in total. The summed E-state index contributed by atoms with van der Waals surface area (Å²) in [7, 11) is 0. The minimum Gasteiger partial charge on any atom is -0.486 e. The summed E-state index contributed by atoms with van der Waals surface area (Å²) in [4.78, 5) is 7.56. The number of para-hydroxylation sites is 1. The Kier molecular flexibility index (Phi) is 12.0. The molecule has 416 valence electrons. The summed E-state index contributed by atoms with van der Waals surface area (Å²) in [5.41, 5.74) is 23.5. The summed E-state index contributed by atoms with van der Waals surface area (Å²) >= 11 is 0. The Bertz CT molecular complexity index is 4060. The zero-order valence-electron chi connectivity index (χ0n) is 50.2. The molecule has 0 amide bonds. The number of furan rings is 1. The van der Waals surface area contributed by atoms with Crippen LogP contribution in [-0.2, 0) is 16.2 Å². The fraction of sp³-hybridized carbons (Fsp3) is 0.270. The number of hydrogen-bond donors (Lipinski definition) is 0. The van der Waals surface area contributed by atoms with Crippen LogP contribution in [0.25, 0.3) is 33.1 Å². The highest BCUT2D eigenvalue weighted by Crippen LogP contribution is 2.53. The van der Waals surface area contributed by atoms with Gasteiger partial charge < -0.3 is 38.1 Å². The van der Waals surface area contributed by atoms with E-state index in [9.17, 15) is 0 Å². The zero-order chi connectivity index (χ0) is 57.6. The quantitative estimate of drug-likeness (QED) is 0.153. The van der Waals surface area contributed by atoms with Gasteiger partial charge in [-0.1, -0.05) is 135 Å². The lowest BCUT2D eigenvalue weighted by Gasteiger charge is -2.46. The van der Waals surface area contributed by atoms with Crippen molar-refractivity contribution in [1.29, 1.82) is 0 Å². The first-order valence-electron chi connectivity index (χ1n) is 29.5. The average Bonchev–Trinajstić information content (AvgIpc) is 1.22. The second-order valence-corrected chi connectivity index (χ2v) is 26.6. The van der Waals surface area contributed by atoms with Gasteiger partial charge in [-0.2, -0.15) is 0 Å². The van der Waals surface area contributed by atoms with Gasteiger partial charge in [0.25, 0.3) is 6.71 Å². The topological polar surface area (TPSA) is 59.8 Å². The smallest absolute Gasteiger partial charge is 0.252 e. The van der Waals surface area contributed by atoms with Crippen LogP contribution < -0.4 is 50.0 Å². The second kappa shape index (κ2) is 19.0. The van der Waals surface area contributed by atoms with E-state index in [1.165, 1.54) is 44.4 Å². The van der Waals surface area contributed by atoms with E-state index in [4.69, 9.17) is 23.4 Å². The van der Waals surface area contributed by atoms with Crippen molar-refractivity contribution in [3.8, 4) is 34.3 Å². The second-order valence-electron chi connectivity index (χ2n) is 26.6. The number of anilines is 9. The van der Waals surface area contributed by atoms with Gasteiger partial charge in [0, 0.05) is 57.2 Å². The average molecular weight is 1090 g/mol. The fourth-order valence-electron chi connectivity index (χ4n) is 13.4. The highest BCUT2D eigenvalue weighted by molar-refractivity contribution is 7.00. The van der Waals surface area contributed by atoms with E-state index in [-0.39, 0.29) is 23.0 Å². The maximum Gasteiger partial charge on any atom is 0.252 e. The van der Waals surface area contributed by atoms with Gasteiger partial charge in [-0.15, -0.1) is 0 Å². The Balaban J connectivity index is 1.09. The molecule has 0 spiro atoms. The molecule has 9 heteroatoms. The van der Waals surface area contributed by atoms with Gasteiger partial charge in [-0.05, 0) is 177 Å². The van der Waals surface area contributed by atoms with Crippen LogP contribution in [-0.4, -0.2) is 33.1 Å². The summed E-state index contributed by atoms with van der Waals surface area (Å²) in [5.74, 6) is 3.85. The predicted molar refractivity (Wildman–Crippen MR) is 345 cm³/mol. The summed E-state index contributed by atoms with van der Waals surface area (Å²) in [6.45, 7) is 31.5. The SMILES string of the molecule is Cc1cc(C(C)(C)C)cc(C)c1N1c2cc3c(cc2B2c4cc5c(cc4N(c4c(C)cc(C(C)(C)C)cc4C)c4cc(N(c6ccc(C(C)(C)C)cc6)c6ccc7cc(-c8cc9ccccc9o8)ccc7c6)cc1c42)OCCO5)OCCO3. The molecule has 0 saturated heterocycles. The highest BCUT2D eigenvalue weighted by Gasteiger charge is 2.47. The van der Waals surface area contributed by atoms with Gasteiger partial charge in [0.05, 0.1) is 17.1 Å². The number of aryl methyl sites for hydroxylation is 4. The molecular weight excluding hydrogens is 1020 g/mol. The van der Waals surface area contributed by atoms with Crippen molar-refractivity contribution in [2.45, 2.75) is 106 Å². The van der Waals surface area contributed by atoms with Crippen LogP contribution in [0.15, 0.2) is 156 Å². The van der Waals surface area contributed by atoms with Crippen molar-refractivity contribution in [2.24, 2.45) is 0 Å². The number of rotatable bonds is 6. The molecular formula is C74H72BN3O5. The largest absolute Gasteiger partial charge is 0.486 e. The van der Waals surface area contributed by atoms with E-state index in [0.29, 0.717) is 26.4 Å². The lowest BCUT2D eigenvalue weighted by atomic mass is 9.33. The number of nitrogens with zero attached hydrogens (tertiary/aromatic N) is 3. The molecule has 4 aliphatic rings. The minimum atomic E-state index is -0.247. The first-order chi connectivity index (χ1) is 39.7. The van der Waals surface area contributed by atoms with Crippen LogP contribution in [0.2, 0.25) is 0 Å². The number of ether oxygens (including phenoxy) is 4. The van der Waals surface area contributed by atoms with Crippen LogP contribution >= 0.6 is 0 Å². The third kappa shape index (κ3) is 8.80. The van der Waals surface area contributed by atoms with Crippen molar-refractivity contribution in [2.75, 3.05) is 41.1 Å². The van der Waals surface area contributed by atoms with Gasteiger partial charge in [-0.3, -0.25) is 0 Å². The third-order valence-corrected chi connectivity index (χ3v) is 17.6. The maximum absolute atomic E-state index is 6.55. The van der Waals surface area contributed by atoms with Crippen molar-refractivity contribution < 1.29 is 23.4 Å². The molecule has 5 heterocycles. The van der Waals surface area contributed by atoms with Crippen molar-refractivity contribution >= 4 is 96.0 Å². The van der Waals surface area contributed by atoms with Crippen molar-refractivity contribution in [3.63, 3.8) is 0 Å². The van der Waals surface area contributed by atoms with Gasteiger partial charge in [0.15, 0.2) is 23.0 Å². The van der Waals surface area contributed by atoms with Crippen LogP contribution in [0.3, 0.4) is 0 Å². The first-order valence-corrected chi connectivity index (χ1v) is 29.5. The van der Waals surface area contributed by atoms with Crippen LogP contribution in [0, 0.1) is 27.7 Å². The number of fused-ring (bicyclic) bond motifs is 8. The van der Waals surface area contributed by atoms with Gasteiger partial charge >= 0.3 is 0 Å². The highest BCUT2D eigenvalue weighted by atomic mass is 16.6.